The minimum atomic E-state index is -1.14. The monoisotopic (exact) mass is 307 g/mol. The first-order chi connectivity index (χ1) is 9.84. The van der Waals surface area contributed by atoms with E-state index in [1.807, 2.05) is 12.1 Å². The lowest BCUT2D eigenvalue weighted by Crippen LogP contribution is -2.30. The van der Waals surface area contributed by atoms with Gasteiger partial charge in [0.05, 0.1) is 0 Å². The van der Waals surface area contributed by atoms with Crippen molar-refractivity contribution in [1.82, 2.24) is 5.32 Å². The highest BCUT2D eigenvalue weighted by Crippen LogP contribution is 2.27. The van der Waals surface area contributed by atoms with Crippen molar-refractivity contribution in [2.45, 2.75) is 44.8 Å². The number of amides is 1. The van der Waals surface area contributed by atoms with Gasteiger partial charge in [-0.25, -0.2) is 0 Å². The molecule has 0 bridgehead atoms. The molecule has 1 atom stereocenters. The third kappa shape index (κ3) is 5.62. The van der Waals surface area contributed by atoms with Gasteiger partial charge in [-0.1, -0.05) is 45.0 Å². The van der Waals surface area contributed by atoms with Gasteiger partial charge in [-0.15, -0.1) is 0 Å². The molecule has 1 aromatic rings. The summed E-state index contributed by atoms with van der Waals surface area (Å²) >= 11 is 0. The fraction of sp³-hybridized carbons (Fsp3) is 0.588. The van der Waals surface area contributed by atoms with Gasteiger partial charge in [-0.2, -0.15) is 0 Å². The smallest absolute Gasteiger partial charge is 0.232 e. The molecule has 4 heteroatoms. The van der Waals surface area contributed by atoms with E-state index in [0.717, 1.165) is 12.1 Å². The van der Waals surface area contributed by atoms with E-state index in [1.165, 1.54) is 18.4 Å². The molecule has 1 aromatic carbocycles. The Morgan fingerprint density at radius 1 is 1.24 bits per heavy atom. The highest BCUT2D eigenvalue weighted by molar-refractivity contribution is 7.84. The van der Waals surface area contributed by atoms with Gasteiger partial charge in [0.2, 0.25) is 5.91 Å². The molecule has 1 aliphatic carbocycles. The normalized spacial score (nSPS) is 16.5. The Hall–Kier alpha value is -1.16. The Kier molecular flexibility index (Phi) is 5.20. The van der Waals surface area contributed by atoms with E-state index in [0.29, 0.717) is 11.7 Å². The van der Waals surface area contributed by atoms with Gasteiger partial charge >= 0.3 is 0 Å². The fourth-order valence-corrected chi connectivity index (χ4v) is 3.18. The summed E-state index contributed by atoms with van der Waals surface area (Å²) in [4.78, 5) is 11.7. The average molecular weight is 307 g/mol. The van der Waals surface area contributed by atoms with Crippen LogP contribution in [0.25, 0.3) is 0 Å². The molecule has 0 aliphatic heterocycles. The summed E-state index contributed by atoms with van der Waals surface area (Å²) < 4.78 is 12.0. The highest BCUT2D eigenvalue weighted by atomic mass is 32.2. The largest absolute Gasteiger partial charge is 0.355 e. The molecule has 0 saturated heterocycles. The molecule has 2 rings (SSSR count). The van der Waals surface area contributed by atoms with Gasteiger partial charge < -0.3 is 5.32 Å². The zero-order valence-corrected chi connectivity index (χ0v) is 14.0. The Morgan fingerprint density at radius 2 is 1.86 bits per heavy atom. The average Bonchev–Trinajstić information content (AvgIpc) is 3.19. The molecule has 1 aliphatic rings. The maximum absolute atomic E-state index is 12.0. The van der Waals surface area contributed by atoms with Crippen molar-refractivity contribution in [2.24, 2.45) is 5.92 Å². The minimum Gasteiger partial charge on any atom is -0.355 e. The van der Waals surface area contributed by atoms with Crippen LogP contribution in [0.3, 0.4) is 0 Å². The number of carbonyl (C=O) groups excluding carboxylic acids is 1. The van der Waals surface area contributed by atoms with E-state index in [4.69, 9.17) is 0 Å². The summed E-state index contributed by atoms with van der Waals surface area (Å²) in [6.45, 7) is 7.26. The molecular weight excluding hydrogens is 282 g/mol. The van der Waals surface area contributed by atoms with Crippen LogP contribution in [0.1, 0.15) is 44.7 Å². The quantitative estimate of drug-likeness (QED) is 0.878. The van der Waals surface area contributed by atoms with Crippen molar-refractivity contribution in [3.63, 3.8) is 0 Å². The van der Waals surface area contributed by atoms with Crippen LogP contribution in [0.2, 0.25) is 0 Å². The van der Waals surface area contributed by atoms with Crippen molar-refractivity contribution >= 4 is 16.7 Å². The van der Waals surface area contributed by atoms with Crippen LogP contribution in [-0.2, 0) is 26.8 Å². The number of rotatable bonds is 6. The Morgan fingerprint density at radius 3 is 2.38 bits per heavy atom. The Bertz CT molecular complexity index is 513. The summed E-state index contributed by atoms with van der Waals surface area (Å²) in [5.41, 5.74) is 2.41. The summed E-state index contributed by atoms with van der Waals surface area (Å²) in [7, 11) is -1.14. The SMILES string of the molecule is CC(C)(C)c1ccc(CS(=O)CC(=O)NCC2CC2)cc1. The topological polar surface area (TPSA) is 46.2 Å². The maximum Gasteiger partial charge on any atom is 0.232 e. The van der Waals surface area contributed by atoms with E-state index < -0.39 is 10.8 Å². The zero-order chi connectivity index (χ0) is 15.5. The molecule has 1 saturated carbocycles. The highest BCUT2D eigenvalue weighted by Gasteiger charge is 2.22. The second kappa shape index (κ2) is 6.73. The van der Waals surface area contributed by atoms with Crippen LogP contribution in [0, 0.1) is 5.92 Å². The predicted molar refractivity (Wildman–Crippen MR) is 87.6 cm³/mol. The zero-order valence-electron chi connectivity index (χ0n) is 13.1. The third-order valence-electron chi connectivity index (χ3n) is 3.72. The van der Waals surface area contributed by atoms with Gasteiger partial charge in [-0.3, -0.25) is 9.00 Å². The number of hydrogen-bond donors (Lipinski definition) is 1. The number of benzene rings is 1. The molecule has 0 aromatic heterocycles. The first-order valence-electron chi connectivity index (χ1n) is 7.55. The summed E-state index contributed by atoms with van der Waals surface area (Å²) in [6.07, 6.45) is 2.42. The van der Waals surface area contributed by atoms with Crippen molar-refractivity contribution in [2.75, 3.05) is 12.3 Å². The van der Waals surface area contributed by atoms with Gasteiger partial charge in [0.25, 0.3) is 0 Å². The van der Waals surface area contributed by atoms with Gasteiger partial charge in [0, 0.05) is 23.1 Å². The first kappa shape index (κ1) is 16.2. The Labute approximate surface area is 130 Å². The lowest BCUT2D eigenvalue weighted by atomic mass is 9.87. The molecule has 0 spiro atoms. The molecule has 0 heterocycles. The lowest BCUT2D eigenvalue weighted by molar-refractivity contribution is -0.118. The van der Waals surface area contributed by atoms with E-state index in [-0.39, 0.29) is 17.1 Å². The van der Waals surface area contributed by atoms with Crippen LogP contribution >= 0.6 is 0 Å². The minimum absolute atomic E-state index is 0.0912. The molecular formula is C17H25NO2S. The molecule has 0 radical (unpaired) electrons. The van der Waals surface area contributed by atoms with Crippen molar-refractivity contribution in [1.29, 1.82) is 0 Å². The molecule has 3 nitrogen and oxygen atoms in total. The third-order valence-corrected chi connectivity index (χ3v) is 4.96. The van der Waals surface area contributed by atoms with Crippen LogP contribution in [0.15, 0.2) is 24.3 Å². The first-order valence-corrected chi connectivity index (χ1v) is 9.04. The van der Waals surface area contributed by atoms with E-state index in [9.17, 15) is 9.00 Å². The molecule has 116 valence electrons. The summed E-state index contributed by atoms with van der Waals surface area (Å²) in [5, 5.41) is 2.86. The molecule has 1 fully saturated rings. The second-order valence-electron chi connectivity index (χ2n) is 6.92. The predicted octanol–water partition coefficient (Wildman–Crippen LogP) is 2.76. The van der Waals surface area contributed by atoms with Gasteiger partial charge in [0.15, 0.2) is 0 Å². The second-order valence-corrected chi connectivity index (χ2v) is 8.38. The van der Waals surface area contributed by atoms with E-state index in [2.05, 4.69) is 38.2 Å². The number of hydrogen-bond acceptors (Lipinski definition) is 2. The van der Waals surface area contributed by atoms with Crippen molar-refractivity contribution in [3.05, 3.63) is 35.4 Å². The van der Waals surface area contributed by atoms with Crippen LogP contribution < -0.4 is 5.32 Å². The maximum atomic E-state index is 12.0. The fourth-order valence-electron chi connectivity index (χ4n) is 2.12. The molecule has 1 amide bonds. The summed E-state index contributed by atoms with van der Waals surface area (Å²) in [5.74, 6) is 1.12. The number of carbonyl (C=O) groups is 1. The standard InChI is InChI=1S/C17H25NO2S/c1-17(2,3)15-8-6-14(7-9-15)11-21(20)12-16(19)18-10-13-4-5-13/h6-9,13H,4-5,10-12H2,1-3H3,(H,18,19). The van der Waals surface area contributed by atoms with Crippen LogP contribution in [-0.4, -0.2) is 22.4 Å². The van der Waals surface area contributed by atoms with Crippen LogP contribution in [0.5, 0.6) is 0 Å². The van der Waals surface area contributed by atoms with Gasteiger partial charge in [-0.05, 0) is 35.3 Å². The molecule has 21 heavy (non-hydrogen) atoms. The number of nitrogens with one attached hydrogen (secondary N) is 1. The van der Waals surface area contributed by atoms with E-state index in [1.54, 1.807) is 0 Å². The van der Waals surface area contributed by atoms with Crippen molar-refractivity contribution < 1.29 is 9.00 Å². The Balaban J connectivity index is 1.80. The molecule has 1 N–H and O–H groups in total. The van der Waals surface area contributed by atoms with Gasteiger partial charge in [0.1, 0.15) is 5.75 Å². The van der Waals surface area contributed by atoms with Crippen LogP contribution in [0.4, 0.5) is 0 Å². The summed E-state index contributed by atoms with van der Waals surface area (Å²) in [6, 6.07) is 8.20. The van der Waals surface area contributed by atoms with Crippen molar-refractivity contribution in [3.8, 4) is 0 Å². The molecule has 1 unspecified atom stereocenters. The lowest BCUT2D eigenvalue weighted by Gasteiger charge is -2.19. The van der Waals surface area contributed by atoms with E-state index >= 15 is 0 Å².